The number of carbonyl (C=O) groups is 1. The van der Waals surface area contributed by atoms with E-state index in [4.69, 9.17) is 5.73 Å². The van der Waals surface area contributed by atoms with E-state index in [1.807, 2.05) is 0 Å². The van der Waals surface area contributed by atoms with Gasteiger partial charge in [-0.15, -0.1) is 0 Å². The fraction of sp³-hybridized carbons (Fsp3) is 0.417. The largest absolute Gasteiger partial charge is 0.327 e. The van der Waals surface area contributed by atoms with E-state index in [1.165, 1.54) is 13.0 Å². The molecule has 94 valence electrons. The average Bonchev–Trinajstić information content (AvgIpc) is 2.28. The van der Waals surface area contributed by atoms with Crippen LogP contribution in [0.25, 0.3) is 0 Å². The zero-order valence-electron chi connectivity index (χ0n) is 10.1. The third-order valence-corrected chi connectivity index (χ3v) is 2.73. The van der Waals surface area contributed by atoms with Crippen molar-refractivity contribution >= 4 is 11.6 Å². The first-order chi connectivity index (χ1) is 7.84. The van der Waals surface area contributed by atoms with Crippen molar-refractivity contribution < 1.29 is 13.6 Å². The molecular weight excluding hydrogens is 226 g/mol. The molecule has 1 amide bonds. The number of hydrogen-bond donors (Lipinski definition) is 2. The van der Waals surface area contributed by atoms with Crippen molar-refractivity contribution in [2.24, 2.45) is 11.7 Å². The Morgan fingerprint density at radius 1 is 1.35 bits per heavy atom. The van der Waals surface area contributed by atoms with Crippen LogP contribution in [0.4, 0.5) is 14.5 Å². The molecule has 0 bridgehead atoms. The van der Waals surface area contributed by atoms with Crippen LogP contribution in [0.2, 0.25) is 0 Å². The van der Waals surface area contributed by atoms with Crippen LogP contribution in [-0.2, 0) is 4.79 Å². The lowest BCUT2D eigenvalue weighted by molar-refractivity contribution is -0.119. The van der Waals surface area contributed by atoms with Gasteiger partial charge in [0, 0.05) is 6.04 Å². The molecule has 0 spiro atoms. The summed E-state index contributed by atoms with van der Waals surface area (Å²) in [5.74, 6) is -2.56. The van der Waals surface area contributed by atoms with Crippen LogP contribution < -0.4 is 11.1 Å². The molecule has 0 fully saturated rings. The van der Waals surface area contributed by atoms with Gasteiger partial charge in [-0.1, -0.05) is 13.0 Å². The topological polar surface area (TPSA) is 55.1 Å². The Kier molecular flexibility index (Phi) is 4.17. The molecule has 0 aliphatic heterocycles. The van der Waals surface area contributed by atoms with Gasteiger partial charge in [0.25, 0.3) is 0 Å². The molecule has 0 aliphatic carbocycles. The van der Waals surface area contributed by atoms with Crippen LogP contribution >= 0.6 is 0 Å². The summed E-state index contributed by atoms with van der Waals surface area (Å²) in [4.78, 5) is 11.6. The highest BCUT2D eigenvalue weighted by molar-refractivity contribution is 5.93. The van der Waals surface area contributed by atoms with Gasteiger partial charge in [-0.05, 0) is 25.5 Å². The number of carbonyl (C=O) groups excluding carboxylic acids is 1. The summed E-state index contributed by atoms with van der Waals surface area (Å²) in [7, 11) is 0. The van der Waals surface area contributed by atoms with Gasteiger partial charge in [0.1, 0.15) is 11.5 Å². The maximum atomic E-state index is 13.6. The number of aryl methyl sites for hydroxylation is 1. The average molecular weight is 242 g/mol. The van der Waals surface area contributed by atoms with Gasteiger partial charge < -0.3 is 11.1 Å². The second-order valence-corrected chi connectivity index (χ2v) is 4.19. The van der Waals surface area contributed by atoms with E-state index in [-0.39, 0.29) is 11.6 Å². The van der Waals surface area contributed by atoms with E-state index in [0.29, 0.717) is 0 Å². The van der Waals surface area contributed by atoms with E-state index in [1.54, 1.807) is 13.8 Å². The molecule has 0 heterocycles. The van der Waals surface area contributed by atoms with Crippen LogP contribution in [-0.4, -0.2) is 11.9 Å². The van der Waals surface area contributed by atoms with Gasteiger partial charge in [0.15, 0.2) is 5.82 Å². The number of nitrogens with one attached hydrogen (secondary N) is 1. The van der Waals surface area contributed by atoms with Gasteiger partial charge in [-0.25, -0.2) is 8.78 Å². The standard InChI is InChI=1S/C12H16F2N2O/c1-6-4-5-9(13)11(10(6)14)16-12(17)7(2)8(3)15/h4-5,7-8H,15H2,1-3H3,(H,16,17). The number of rotatable bonds is 3. The van der Waals surface area contributed by atoms with Gasteiger partial charge in [-0.3, -0.25) is 4.79 Å². The van der Waals surface area contributed by atoms with E-state index in [0.717, 1.165) is 6.07 Å². The Bertz CT molecular complexity index is 433. The summed E-state index contributed by atoms with van der Waals surface area (Å²) >= 11 is 0. The van der Waals surface area contributed by atoms with Crippen LogP contribution in [0.15, 0.2) is 12.1 Å². The molecule has 0 radical (unpaired) electrons. The summed E-state index contributed by atoms with van der Waals surface area (Å²) in [6.45, 7) is 4.76. The lowest BCUT2D eigenvalue weighted by Crippen LogP contribution is -2.34. The minimum Gasteiger partial charge on any atom is -0.327 e. The molecule has 3 N–H and O–H groups in total. The first-order valence-electron chi connectivity index (χ1n) is 5.35. The maximum absolute atomic E-state index is 13.6. The van der Waals surface area contributed by atoms with Crippen LogP contribution in [0.5, 0.6) is 0 Å². The molecule has 0 saturated heterocycles. The van der Waals surface area contributed by atoms with Crippen molar-refractivity contribution in [1.82, 2.24) is 0 Å². The highest BCUT2D eigenvalue weighted by atomic mass is 19.1. The second kappa shape index (κ2) is 5.23. The summed E-state index contributed by atoms with van der Waals surface area (Å²) in [6.07, 6.45) is 0. The van der Waals surface area contributed by atoms with Crippen molar-refractivity contribution in [3.8, 4) is 0 Å². The Balaban J connectivity index is 2.96. The number of anilines is 1. The number of hydrogen-bond acceptors (Lipinski definition) is 2. The molecule has 2 unspecified atom stereocenters. The predicted octanol–water partition coefficient (Wildman–Crippen LogP) is 2.20. The fourth-order valence-corrected chi connectivity index (χ4v) is 1.25. The Labute approximate surface area is 99.0 Å². The summed E-state index contributed by atoms with van der Waals surface area (Å²) < 4.78 is 27.0. The number of benzene rings is 1. The highest BCUT2D eigenvalue weighted by Crippen LogP contribution is 2.22. The second-order valence-electron chi connectivity index (χ2n) is 4.19. The monoisotopic (exact) mass is 242 g/mol. The minimum atomic E-state index is -0.793. The third-order valence-electron chi connectivity index (χ3n) is 2.73. The van der Waals surface area contributed by atoms with E-state index in [9.17, 15) is 13.6 Å². The summed E-state index contributed by atoms with van der Waals surface area (Å²) in [5, 5.41) is 2.23. The number of halogens is 2. The molecule has 1 rings (SSSR count). The molecule has 0 saturated carbocycles. The quantitative estimate of drug-likeness (QED) is 0.853. The molecule has 1 aromatic carbocycles. The van der Waals surface area contributed by atoms with Gasteiger partial charge in [0.05, 0.1) is 5.92 Å². The van der Waals surface area contributed by atoms with E-state index in [2.05, 4.69) is 5.32 Å². The normalized spacial score (nSPS) is 14.2. The molecule has 3 nitrogen and oxygen atoms in total. The first-order valence-corrected chi connectivity index (χ1v) is 5.35. The molecule has 0 aromatic heterocycles. The lowest BCUT2D eigenvalue weighted by Gasteiger charge is -2.16. The van der Waals surface area contributed by atoms with Crippen molar-refractivity contribution in [2.75, 3.05) is 5.32 Å². The molecule has 17 heavy (non-hydrogen) atoms. The zero-order chi connectivity index (χ0) is 13.2. The maximum Gasteiger partial charge on any atom is 0.228 e. The number of amides is 1. The third kappa shape index (κ3) is 3.00. The van der Waals surface area contributed by atoms with Crippen molar-refractivity contribution in [1.29, 1.82) is 0 Å². The van der Waals surface area contributed by atoms with Crippen molar-refractivity contribution in [2.45, 2.75) is 26.8 Å². The smallest absolute Gasteiger partial charge is 0.228 e. The Morgan fingerprint density at radius 3 is 2.47 bits per heavy atom. The Morgan fingerprint density at radius 2 is 1.94 bits per heavy atom. The summed E-state index contributed by atoms with van der Waals surface area (Å²) in [6, 6.07) is 2.05. The van der Waals surface area contributed by atoms with E-state index >= 15 is 0 Å². The lowest BCUT2D eigenvalue weighted by atomic mass is 10.0. The van der Waals surface area contributed by atoms with Gasteiger partial charge >= 0.3 is 0 Å². The minimum absolute atomic E-state index is 0.273. The molecule has 1 aromatic rings. The fourth-order valence-electron chi connectivity index (χ4n) is 1.25. The van der Waals surface area contributed by atoms with E-state index < -0.39 is 29.1 Å². The zero-order valence-corrected chi connectivity index (χ0v) is 10.1. The van der Waals surface area contributed by atoms with Gasteiger partial charge in [0.2, 0.25) is 5.91 Å². The Hall–Kier alpha value is -1.49. The SMILES string of the molecule is Cc1ccc(F)c(NC(=O)C(C)C(C)N)c1F. The highest BCUT2D eigenvalue weighted by Gasteiger charge is 2.20. The number of nitrogens with two attached hydrogens (primary N) is 1. The predicted molar refractivity (Wildman–Crippen MR) is 62.5 cm³/mol. The van der Waals surface area contributed by atoms with Crippen molar-refractivity contribution in [3.63, 3.8) is 0 Å². The molecule has 5 heteroatoms. The van der Waals surface area contributed by atoms with Gasteiger partial charge in [-0.2, -0.15) is 0 Å². The molecule has 2 atom stereocenters. The van der Waals surface area contributed by atoms with Crippen LogP contribution in [0, 0.1) is 24.5 Å². The first kappa shape index (κ1) is 13.6. The summed E-state index contributed by atoms with van der Waals surface area (Å²) in [5.41, 5.74) is 5.41. The van der Waals surface area contributed by atoms with Crippen molar-refractivity contribution in [3.05, 3.63) is 29.3 Å². The van der Waals surface area contributed by atoms with Crippen LogP contribution in [0.3, 0.4) is 0 Å². The molecule has 0 aliphatic rings. The molecular formula is C12H16F2N2O. The van der Waals surface area contributed by atoms with Crippen LogP contribution in [0.1, 0.15) is 19.4 Å².